The third-order valence-electron chi connectivity index (χ3n) is 5.35. The zero-order valence-electron chi connectivity index (χ0n) is 13.6. The van der Waals surface area contributed by atoms with Crippen LogP contribution >= 0.6 is 0 Å². The van der Waals surface area contributed by atoms with Crippen molar-refractivity contribution >= 4 is 5.91 Å². The first-order valence-electron chi connectivity index (χ1n) is 8.86. The van der Waals surface area contributed by atoms with E-state index in [4.69, 9.17) is 0 Å². The molecule has 3 rings (SSSR count). The van der Waals surface area contributed by atoms with Crippen molar-refractivity contribution in [3.05, 3.63) is 35.9 Å². The summed E-state index contributed by atoms with van der Waals surface area (Å²) in [6.45, 7) is 3.78. The quantitative estimate of drug-likeness (QED) is 0.902. The minimum absolute atomic E-state index is 0.303. The number of rotatable bonds is 5. The molecule has 2 fully saturated rings. The third-order valence-corrected chi connectivity index (χ3v) is 5.35. The summed E-state index contributed by atoms with van der Waals surface area (Å²) in [6.07, 6.45) is 6.87. The van der Waals surface area contributed by atoms with Crippen LogP contribution in [0.4, 0.5) is 0 Å². The molecule has 1 aromatic rings. The minimum Gasteiger partial charge on any atom is -0.343 e. The topological polar surface area (TPSA) is 32.3 Å². The molecule has 1 heterocycles. The average molecular weight is 300 g/mol. The Morgan fingerprint density at radius 2 is 1.86 bits per heavy atom. The van der Waals surface area contributed by atoms with Crippen LogP contribution in [0.3, 0.4) is 0 Å². The number of carbonyl (C=O) groups is 1. The van der Waals surface area contributed by atoms with Crippen molar-refractivity contribution in [2.75, 3.05) is 13.1 Å². The van der Waals surface area contributed by atoms with E-state index in [1.54, 1.807) is 0 Å². The maximum absolute atomic E-state index is 11.8. The Labute approximate surface area is 134 Å². The first-order chi connectivity index (χ1) is 10.8. The first kappa shape index (κ1) is 15.5. The van der Waals surface area contributed by atoms with Crippen molar-refractivity contribution in [3.8, 4) is 0 Å². The van der Waals surface area contributed by atoms with Crippen LogP contribution in [-0.4, -0.2) is 29.9 Å². The summed E-state index contributed by atoms with van der Waals surface area (Å²) in [5.74, 6) is 1.09. The molecule has 1 amide bonds. The minimum atomic E-state index is 0.303. The molecule has 1 atom stereocenters. The highest BCUT2D eigenvalue weighted by atomic mass is 16.2. The normalized spacial score (nSPS) is 21.4. The summed E-state index contributed by atoms with van der Waals surface area (Å²) in [5.41, 5.74) is 1.43. The second-order valence-electron chi connectivity index (χ2n) is 6.75. The van der Waals surface area contributed by atoms with Gasteiger partial charge in [0.2, 0.25) is 5.91 Å². The fourth-order valence-corrected chi connectivity index (χ4v) is 3.71. The zero-order valence-corrected chi connectivity index (χ0v) is 13.6. The van der Waals surface area contributed by atoms with Gasteiger partial charge in [0.05, 0.1) is 0 Å². The van der Waals surface area contributed by atoms with E-state index in [1.165, 1.54) is 24.8 Å². The Kier molecular flexibility index (Phi) is 5.14. The largest absolute Gasteiger partial charge is 0.343 e. The van der Waals surface area contributed by atoms with Gasteiger partial charge in [-0.1, -0.05) is 43.7 Å². The molecule has 3 nitrogen and oxygen atoms in total. The number of hydrogen-bond acceptors (Lipinski definition) is 2. The predicted molar refractivity (Wildman–Crippen MR) is 89.6 cm³/mol. The Morgan fingerprint density at radius 1 is 1.18 bits per heavy atom. The van der Waals surface area contributed by atoms with Crippen molar-refractivity contribution in [3.63, 3.8) is 0 Å². The van der Waals surface area contributed by atoms with Crippen molar-refractivity contribution in [2.24, 2.45) is 5.92 Å². The van der Waals surface area contributed by atoms with E-state index in [0.717, 1.165) is 31.8 Å². The lowest BCUT2D eigenvalue weighted by atomic mass is 9.76. The number of hydrogen-bond donors (Lipinski definition) is 1. The molecule has 0 spiro atoms. The van der Waals surface area contributed by atoms with Gasteiger partial charge in [-0.25, -0.2) is 0 Å². The maximum Gasteiger partial charge on any atom is 0.222 e. The van der Waals surface area contributed by atoms with E-state index in [-0.39, 0.29) is 0 Å². The summed E-state index contributed by atoms with van der Waals surface area (Å²) in [4.78, 5) is 13.8. The smallest absolute Gasteiger partial charge is 0.222 e. The highest BCUT2D eigenvalue weighted by Crippen LogP contribution is 2.38. The van der Waals surface area contributed by atoms with Gasteiger partial charge in [0, 0.05) is 31.6 Å². The average Bonchev–Trinajstić information content (AvgIpc) is 2.53. The number of likely N-dealkylation sites (tertiary alicyclic amines) is 1. The molecule has 1 aliphatic carbocycles. The van der Waals surface area contributed by atoms with Gasteiger partial charge in [0.1, 0.15) is 0 Å². The van der Waals surface area contributed by atoms with Crippen molar-refractivity contribution in [1.82, 2.24) is 10.2 Å². The van der Waals surface area contributed by atoms with Crippen molar-refractivity contribution < 1.29 is 4.79 Å². The van der Waals surface area contributed by atoms with Gasteiger partial charge in [0.15, 0.2) is 0 Å². The standard InChI is InChI=1S/C19H28N2O/c1-2-18(22)21-13-11-17(12-14-21)20-19(16-9-6-10-16)15-7-4-3-5-8-15/h3-5,7-8,16-17,19-20H,2,6,9-14H2,1H3. The molecular weight excluding hydrogens is 272 g/mol. The number of benzene rings is 1. The molecular formula is C19H28N2O. The van der Waals surface area contributed by atoms with Gasteiger partial charge in [-0.15, -0.1) is 0 Å². The molecule has 0 radical (unpaired) electrons. The molecule has 0 bridgehead atoms. The monoisotopic (exact) mass is 300 g/mol. The van der Waals surface area contributed by atoms with Gasteiger partial charge in [0.25, 0.3) is 0 Å². The Morgan fingerprint density at radius 3 is 2.41 bits per heavy atom. The Balaban J connectivity index is 1.59. The second kappa shape index (κ2) is 7.28. The predicted octanol–water partition coefficient (Wildman–Crippen LogP) is 3.52. The molecule has 1 aromatic carbocycles. The van der Waals surface area contributed by atoms with E-state index < -0.39 is 0 Å². The molecule has 120 valence electrons. The van der Waals surface area contributed by atoms with Crippen LogP contribution in [0.25, 0.3) is 0 Å². The fourth-order valence-electron chi connectivity index (χ4n) is 3.71. The summed E-state index contributed by atoms with van der Waals surface area (Å²) in [7, 11) is 0. The lowest BCUT2D eigenvalue weighted by Gasteiger charge is -2.40. The fraction of sp³-hybridized carbons (Fsp3) is 0.632. The van der Waals surface area contributed by atoms with E-state index in [2.05, 4.69) is 35.6 Å². The number of nitrogens with one attached hydrogen (secondary N) is 1. The molecule has 1 unspecified atom stereocenters. The van der Waals surface area contributed by atoms with E-state index in [1.807, 2.05) is 11.8 Å². The zero-order chi connectivity index (χ0) is 15.4. The summed E-state index contributed by atoms with van der Waals surface area (Å²) >= 11 is 0. The van der Waals surface area contributed by atoms with Crippen molar-refractivity contribution in [1.29, 1.82) is 0 Å². The van der Waals surface area contributed by atoms with Crippen LogP contribution in [0.2, 0.25) is 0 Å². The summed E-state index contributed by atoms with van der Waals surface area (Å²) < 4.78 is 0. The molecule has 1 saturated heterocycles. The molecule has 1 aliphatic heterocycles. The van der Waals surface area contributed by atoms with E-state index in [0.29, 0.717) is 24.4 Å². The van der Waals surface area contributed by atoms with Gasteiger partial charge >= 0.3 is 0 Å². The van der Waals surface area contributed by atoms with Crippen LogP contribution in [0, 0.1) is 5.92 Å². The first-order valence-corrected chi connectivity index (χ1v) is 8.86. The number of carbonyl (C=O) groups excluding carboxylic acids is 1. The third kappa shape index (κ3) is 3.52. The molecule has 22 heavy (non-hydrogen) atoms. The lowest BCUT2D eigenvalue weighted by Crippen LogP contribution is -2.47. The Hall–Kier alpha value is -1.35. The lowest BCUT2D eigenvalue weighted by molar-refractivity contribution is -0.132. The van der Waals surface area contributed by atoms with Crippen LogP contribution in [0.1, 0.15) is 57.1 Å². The number of amides is 1. The van der Waals surface area contributed by atoms with E-state index in [9.17, 15) is 4.79 Å². The van der Waals surface area contributed by atoms with Gasteiger partial charge in [-0.05, 0) is 37.2 Å². The number of nitrogens with zero attached hydrogens (tertiary/aromatic N) is 1. The van der Waals surface area contributed by atoms with Gasteiger partial charge in [-0.3, -0.25) is 4.79 Å². The molecule has 1 saturated carbocycles. The van der Waals surface area contributed by atoms with Crippen LogP contribution < -0.4 is 5.32 Å². The van der Waals surface area contributed by atoms with Crippen molar-refractivity contribution in [2.45, 2.75) is 57.5 Å². The van der Waals surface area contributed by atoms with Crippen LogP contribution in [0.5, 0.6) is 0 Å². The molecule has 2 aliphatic rings. The molecule has 3 heteroatoms. The summed E-state index contributed by atoms with van der Waals surface area (Å²) in [5, 5.41) is 3.91. The second-order valence-corrected chi connectivity index (χ2v) is 6.75. The highest BCUT2D eigenvalue weighted by Gasteiger charge is 2.31. The van der Waals surface area contributed by atoms with Crippen LogP contribution in [0.15, 0.2) is 30.3 Å². The SMILES string of the molecule is CCC(=O)N1CCC(NC(c2ccccc2)C2CCC2)CC1. The van der Waals surface area contributed by atoms with Crippen LogP contribution in [-0.2, 0) is 4.79 Å². The molecule has 0 aromatic heterocycles. The number of piperidine rings is 1. The van der Waals surface area contributed by atoms with E-state index >= 15 is 0 Å². The highest BCUT2D eigenvalue weighted by molar-refractivity contribution is 5.75. The maximum atomic E-state index is 11.8. The van der Waals surface area contributed by atoms with Gasteiger partial charge in [-0.2, -0.15) is 0 Å². The molecule has 1 N–H and O–H groups in total. The Bertz CT molecular complexity index is 475. The van der Waals surface area contributed by atoms with Gasteiger partial charge < -0.3 is 10.2 Å². The summed E-state index contributed by atoms with van der Waals surface area (Å²) in [6, 6.07) is 11.9.